The van der Waals surface area contributed by atoms with E-state index in [1.807, 2.05) is 6.92 Å². The molecule has 4 amide bonds. The van der Waals surface area contributed by atoms with E-state index in [2.05, 4.69) is 17.6 Å². The van der Waals surface area contributed by atoms with Gasteiger partial charge in [-0.1, -0.05) is 38.8 Å². The Morgan fingerprint density at radius 3 is 2.30 bits per heavy atom. The molecule has 1 aromatic carbocycles. The number of phenols is 1. The Bertz CT molecular complexity index is 943. The Morgan fingerprint density at radius 1 is 1.16 bits per heavy atom. The fraction of sp³-hybridized carbons (Fsp3) is 0.630. The first kappa shape index (κ1) is 29.9. The predicted octanol–water partition coefficient (Wildman–Crippen LogP) is 3.14. The lowest BCUT2D eigenvalue weighted by molar-refractivity contribution is -0.143. The highest BCUT2D eigenvalue weighted by Gasteiger charge is 2.48. The molecule has 4 unspecified atom stereocenters. The number of carbonyl (C=O) groups excluding carboxylic acids is 4. The third-order valence-corrected chi connectivity index (χ3v) is 6.16. The summed E-state index contributed by atoms with van der Waals surface area (Å²) in [6.45, 7) is 9.63. The van der Waals surface area contributed by atoms with Crippen LogP contribution in [0, 0.1) is 5.92 Å². The maximum Gasteiger partial charge on any atom is 0.408 e. The van der Waals surface area contributed by atoms with Crippen LogP contribution in [0.4, 0.5) is 4.79 Å². The van der Waals surface area contributed by atoms with Crippen molar-refractivity contribution in [3.05, 3.63) is 29.8 Å². The zero-order valence-corrected chi connectivity index (χ0v) is 22.6. The van der Waals surface area contributed by atoms with Gasteiger partial charge in [-0.3, -0.25) is 14.4 Å². The van der Waals surface area contributed by atoms with E-state index in [4.69, 9.17) is 10.5 Å². The molecular weight excluding hydrogens is 476 g/mol. The van der Waals surface area contributed by atoms with Crippen LogP contribution in [0.25, 0.3) is 0 Å². The molecule has 1 aromatic rings. The Kier molecular flexibility index (Phi) is 10.8. The largest absolute Gasteiger partial charge is 0.508 e. The lowest BCUT2D eigenvalue weighted by atomic mass is 10.0. The van der Waals surface area contributed by atoms with Crippen molar-refractivity contribution < 1.29 is 29.0 Å². The van der Waals surface area contributed by atoms with Gasteiger partial charge in [0.05, 0.1) is 0 Å². The third-order valence-electron chi connectivity index (χ3n) is 6.16. The number of nitrogens with two attached hydrogens (primary N) is 1. The molecule has 0 bridgehead atoms. The first-order chi connectivity index (χ1) is 17.3. The summed E-state index contributed by atoms with van der Waals surface area (Å²) in [7, 11) is 0. The molecule has 4 atom stereocenters. The van der Waals surface area contributed by atoms with E-state index in [0.29, 0.717) is 18.5 Å². The smallest absolute Gasteiger partial charge is 0.408 e. The molecule has 0 saturated heterocycles. The number of carbonyl (C=O) groups is 4. The number of benzene rings is 1. The predicted molar refractivity (Wildman–Crippen MR) is 139 cm³/mol. The van der Waals surface area contributed by atoms with Crippen LogP contribution in [0.3, 0.4) is 0 Å². The number of rotatable bonds is 13. The number of nitrogens with one attached hydrogen (secondary N) is 2. The van der Waals surface area contributed by atoms with Crippen LogP contribution < -0.4 is 16.4 Å². The van der Waals surface area contributed by atoms with E-state index in [0.717, 1.165) is 19.3 Å². The van der Waals surface area contributed by atoms with Gasteiger partial charge in [-0.25, -0.2) is 4.79 Å². The number of hydrogen-bond donors (Lipinski definition) is 4. The number of nitrogens with zero attached hydrogens (tertiary/aromatic N) is 1. The number of amides is 4. The lowest BCUT2D eigenvalue weighted by Crippen LogP contribution is -2.54. The molecule has 1 aliphatic carbocycles. The normalized spacial score (nSPS) is 18.3. The van der Waals surface area contributed by atoms with Gasteiger partial charge in [0.25, 0.3) is 0 Å². The van der Waals surface area contributed by atoms with Crippen LogP contribution in [0.1, 0.15) is 84.7 Å². The summed E-state index contributed by atoms with van der Waals surface area (Å²) in [5.74, 6) is -1.27. The maximum absolute atomic E-state index is 14.0. The summed E-state index contributed by atoms with van der Waals surface area (Å²) in [6, 6.07) is 3.81. The van der Waals surface area contributed by atoms with Gasteiger partial charge in [0.2, 0.25) is 17.7 Å². The molecule has 1 saturated carbocycles. The third kappa shape index (κ3) is 9.59. The molecule has 1 aliphatic rings. The zero-order chi connectivity index (χ0) is 27.8. The second-order valence-electron chi connectivity index (χ2n) is 10.7. The summed E-state index contributed by atoms with van der Waals surface area (Å²) in [5.41, 5.74) is 5.08. The monoisotopic (exact) mass is 518 g/mol. The number of alkyl carbamates (subject to hydrolysis) is 1. The van der Waals surface area contributed by atoms with Crippen LogP contribution in [0.2, 0.25) is 0 Å². The fourth-order valence-electron chi connectivity index (χ4n) is 4.12. The Morgan fingerprint density at radius 2 is 1.78 bits per heavy atom. The molecule has 206 valence electrons. The van der Waals surface area contributed by atoms with Crippen molar-refractivity contribution in [1.82, 2.24) is 15.5 Å². The SMILES string of the molecule is CCCCCNC(=O)C(c1ccc(O)cc1)N(C(=O)C(CCC(N)=O)NC(=O)OC(C)(C)C)C1CC1C. The van der Waals surface area contributed by atoms with E-state index >= 15 is 0 Å². The average Bonchev–Trinajstić information content (AvgIpc) is 3.52. The van der Waals surface area contributed by atoms with Crippen molar-refractivity contribution >= 4 is 23.8 Å². The Balaban J connectivity index is 2.42. The zero-order valence-electron chi connectivity index (χ0n) is 22.6. The molecule has 2 rings (SSSR count). The molecule has 0 aliphatic heterocycles. The van der Waals surface area contributed by atoms with E-state index < -0.39 is 35.6 Å². The number of primary amides is 1. The topological polar surface area (TPSA) is 151 Å². The van der Waals surface area contributed by atoms with Crippen LogP contribution in [-0.2, 0) is 19.1 Å². The number of ether oxygens (including phenoxy) is 1. The molecular formula is C27H42N4O6. The number of phenolic OH excluding ortho intramolecular Hbond substituents is 1. The van der Waals surface area contributed by atoms with Crippen molar-refractivity contribution in [3.8, 4) is 5.75 Å². The van der Waals surface area contributed by atoms with Gasteiger partial charge < -0.3 is 31.1 Å². The molecule has 5 N–H and O–H groups in total. The first-order valence-electron chi connectivity index (χ1n) is 13.0. The highest BCUT2D eigenvalue weighted by molar-refractivity contribution is 5.93. The second kappa shape index (κ2) is 13.3. The fourth-order valence-corrected chi connectivity index (χ4v) is 4.12. The quantitative estimate of drug-likeness (QED) is 0.295. The molecule has 1 fully saturated rings. The first-order valence-corrected chi connectivity index (χ1v) is 13.0. The maximum atomic E-state index is 14.0. The van der Waals surface area contributed by atoms with Gasteiger partial charge in [0.15, 0.2) is 0 Å². The van der Waals surface area contributed by atoms with Crippen molar-refractivity contribution in [3.63, 3.8) is 0 Å². The summed E-state index contributed by atoms with van der Waals surface area (Å²) >= 11 is 0. The average molecular weight is 519 g/mol. The van der Waals surface area contributed by atoms with E-state index in [1.165, 1.54) is 17.0 Å². The van der Waals surface area contributed by atoms with Gasteiger partial charge in [0.1, 0.15) is 23.4 Å². The standard InChI is InChI=1S/C27H42N4O6/c1-6-7-8-15-29-24(34)23(18-9-11-19(32)12-10-18)31(21-16-17(21)2)25(35)20(13-14-22(28)33)30-26(36)37-27(3,4)5/h9-12,17,20-21,23,32H,6-8,13-16H2,1-5H3,(H2,28,33)(H,29,34)(H,30,36). The van der Waals surface area contributed by atoms with E-state index in [9.17, 15) is 24.3 Å². The van der Waals surface area contributed by atoms with Crippen molar-refractivity contribution in [2.45, 2.75) is 96.9 Å². The molecule has 0 heterocycles. The van der Waals surface area contributed by atoms with Crippen LogP contribution in [0.5, 0.6) is 5.75 Å². The van der Waals surface area contributed by atoms with Crippen molar-refractivity contribution in [2.75, 3.05) is 6.54 Å². The Labute approximate surface area is 219 Å². The van der Waals surface area contributed by atoms with Gasteiger partial charge in [-0.15, -0.1) is 0 Å². The summed E-state index contributed by atoms with van der Waals surface area (Å²) in [5, 5.41) is 15.3. The molecule has 0 radical (unpaired) electrons. The second-order valence-corrected chi connectivity index (χ2v) is 10.7. The lowest BCUT2D eigenvalue weighted by Gasteiger charge is -2.35. The van der Waals surface area contributed by atoms with Gasteiger partial charge in [-0.2, -0.15) is 0 Å². The molecule has 0 spiro atoms. The highest BCUT2D eigenvalue weighted by Crippen LogP contribution is 2.41. The molecule has 37 heavy (non-hydrogen) atoms. The van der Waals surface area contributed by atoms with E-state index in [1.54, 1.807) is 32.9 Å². The van der Waals surface area contributed by atoms with Gasteiger partial charge in [0, 0.05) is 19.0 Å². The van der Waals surface area contributed by atoms with Crippen molar-refractivity contribution in [1.29, 1.82) is 0 Å². The van der Waals surface area contributed by atoms with Gasteiger partial charge >= 0.3 is 6.09 Å². The number of unbranched alkanes of at least 4 members (excludes halogenated alkanes) is 2. The van der Waals surface area contributed by atoms with Crippen LogP contribution in [-0.4, -0.2) is 58.1 Å². The summed E-state index contributed by atoms with van der Waals surface area (Å²) in [4.78, 5) is 53.2. The minimum absolute atomic E-state index is 0.0363. The van der Waals surface area contributed by atoms with Crippen LogP contribution in [0.15, 0.2) is 24.3 Å². The molecule has 0 aromatic heterocycles. The summed E-state index contributed by atoms with van der Waals surface area (Å²) < 4.78 is 5.34. The van der Waals surface area contributed by atoms with Gasteiger partial charge in [-0.05, 0) is 63.6 Å². The van der Waals surface area contributed by atoms with E-state index in [-0.39, 0.29) is 36.5 Å². The Hall–Kier alpha value is -3.30. The molecule has 10 heteroatoms. The van der Waals surface area contributed by atoms with Crippen LogP contribution >= 0.6 is 0 Å². The molecule has 10 nitrogen and oxygen atoms in total. The van der Waals surface area contributed by atoms with Crippen molar-refractivity contribution in [2.24, 2.45) is 11.7 Å². The number of aromatic hydroxyl groups is 1. The highest BCUT2D eigenvalue weighted by atomic mass is 16.6. The number of hydrogen-bond acceptors (Lipinski definition) is 6. The summed E-state index contributed by atoms with van der Waals surface area (Å²) in [6.07, 6.45) is 2.49. The minimum atomic E-state index is -1.12. The minimum Gasteiger partial charge on any atom is -0.508 e.